The van der Waals surface area contributed by atoms with Gasteiger partial charge < -0.3 is 5.32 Å². The van der Waals surface area contributed by atoms with Crippen LogP contribution in [-0.4, -0.2) is 13.1 Å². The quantitative estimate of drug-likeness (QED) is 0.728. The molecule has 1 aromatic rings. The molecule has 0 aliphatic carbocycles. The molecule has 0 aliphatic rings. The minimum atomic E-state index is 0.513. The van der Waals surface area contributed by atoms with Crippen molar-refractivity contribution >= 4 is 0 Å². The maximum Gasteiger partial charge on any atom is 0.0244 e. The van der Waals surface area contributed by atoms with Gasteiger partial charge in [-0.1, -0.05) is 50.3 Å². The van der Waals surface area contributed by atoms with Crippen LogP contribution in [-0.2, 0) is 0 Å². The van der Waals surface area contributed by atoms with Gasteiger partial charge in [0.15, 0.2) is 0 Å². The SMILES string of the molecule is CCC(C=CCC(C)c1ccccc1C)NC. The lowest BCUT2D eigenvalue weighted by Crippen LogP contribution is -2.21. The molecule has 2 unspecified atom stereocenters. The van der Waals surface area contributed by atoms with Gasteiger partial charge in [-0.3, -0.25) is 0 Å². The van der Waals surface area contributed by atoms with Gasteiger partial charge in [-0.25, -0.2) is 0 Å². The number of likely N-dealkylation sites (N-methyl/N-ethyl adjacent to an activating group) is 1. The van der Waals surface area contributed by atoms with Crippen LogP contribution in [0.3, 0.4) is 0 Å². The number of allylic oxidation sites excluding steroid dienone is 1. The van der Waals surface area contributed by atoms with Crippen molar-refractivity contribution in [1.29, 1.82) is 0 Å². The Kier molecular flexibility index (Phi) is 5.99. The average Bonchev–Trinajstić information content (AvgIpc) is 2.35. The van der Waals surface area contributed by atoms with Gasteiger partial charge in [0.1, 0.15) is 0 Å². The lowest BCUT2D eigenvalue weighted by Gasteiger charge is -2.13. The zero-order valence-corrected chi connectivity index (χ0v) is 11.5. The predicted octanol–water partition coefficient (Wildman–Crippen LogP) is 4.04. The maximum absolute atomic E-state index is 3.29. The molecule has 0 radical (unpaired) electrons. The van der Waals surface area contributed by atoms with Crippen LogP contribution in [0.4, 0.5) is 0 Å². The second-order valence-electron chi connectivity index (χ2n) is 4.72. The zero-order valence-electron chi connectivity index (χ0n) is 11.5. The van der Waals surface area contributed by atoms with Gasteiger partial charge >= 0.3 is 0 Å². The van der Waals surface area contributed by atoms with Crippen LogP contribution in [0.2, 0.25) is 0 Å². The molecule has 0 spiro atoms. The standard InChI is InChI=1S/C16H25N/c1-5-15(17-4)11-8-10-14(3)16-12-7-6-9-13(16)2/h6-9,11-12,14-15,17H,5,10H2,1-4H3. The van der Waals surface area contributed by atoms with Gasteiger partial charge in [-0.2, -0.15) is 0 Å². The van der Waals surface area contributed by atoms with E-state index < -0.39 is 0 Å². The predicted molar refractivity (Wildman–Crippen MR) is 76.5 cm³/mol. The van der Waals surface area contributed by atoms with E-state index in [-0.39, 0.29) is 0 Å². The van der Waals surface area contributed by atoms with Crippen LogP contribution in [0.15, 0.2) is 36.4 Å². The van der Waals surface area contributed by atoms with Gasteiger partial charge in [0.2, 0.25) is 0 Å². The highest BCUT2D eigenvalue weighted by Crippen LogP contribution is 2.22. The smallest absolute Gasteiger partial charge is 0.0244 e. The van der Waals surface area contributed by atoms with E-state index in [1.54, 1.807) is 0 Å². The fourth-order valence-electron chi connectivity index (χ4n) is 2.15. The molecule has 0 saturated carbocycles. The molecule has 0 heterocycles. The second kappa shape index (κ2) is 7.29. The van der Waals surface area contributed by atoms with Crippen LogP contribution >= 0.6 is 0 Å². The molecule has 2 atom stereocenters. The van der Waals surface area contributed by atoms with E-state index in [1.807, 2.05) is 7.05 Å². The van der Waals surface area contributed by atoms with Gasteiger partial charge in [0, 0.05) is 6.04 Å². The lowest BCUT2D eigenvalue weighted by molar-refractivity contribution is 0.642. The third kappa shape index (κ3) is 4.35. The summed E-state index contributed by atoms with van der Waals surface area (Å²) in [6.07, 6.45) is 6.85. The summed E-state index contributed by atoms with van der Waals surface area (Å²) in [6.45, 7) is 6.70. The summed E-state index contributed by atoms with van der Waals surface area (Å²) in [6, 6.07) is 9.18. The first-order valence-electron chi connectivity index (χ1n) is 6.58. The van der Waals surface area contributed by atoms with Crippen LogP contribution in [0.5, 0.6) is 0 Å². The molecule has 17 heavy (non-hydrogen) atoms. The monoisotopic (exact) mass is 231 g/mol. The van der Waals surface area contributed by atoms with E-state index in [9.17, 15) is 0 Å². The fraction of sp³-hybridized carbons (Fsp3) is 0.500. The maximum atomic E-state index is 3.29. The van der Waals surface area contributed by atoms with E-state index in [1.165, 1.54) is 11.1 Å². The highest BCUT2D eigenvalue weighted by atomic mass is 14.8. The van der Waals surface area contributed by atoms with E-state index in [0.717, 1.165) is 12.8 Å². The molecular formula is C16H25N. The first-order chi connectivity index (χ1) is 8.19. The summed E-state index contributed by atoms with van der Waals surface area (Å²) in [7, 11) is 2.02. The Morgan fingerprint density at radius 3 is 2.59 bits per heavy atom. The highest BCUT2D eigenvalue weighted by molar-refractivity contribution is 5.29. The Balaban J connectivity index is 2.55. The Morgan fingerprint density at radius 2 is 2.00 bits per heavy atom. The molecule has 1 rings (SSSR count). The molecule has 0 saturated heterocycles. The van der Waals surface area contributed by atoms with Gasteiger partial charge in [0.05, 0.1) is 0 Å². The van der Waals surface area contributed by atoms with Gasteiger partial charge in [-0.15, -0.1) is 0 Å². The normalized spacial score (nSPS) is 15.1. The van der Waals surface area contributed by atoms with E-state index in [4.69, 9.17) is 0 Å². The van der Waals surface area contributed by atoms with E-state index in [0.29, 0.717) is 12.0 Å². The summed E-state index contributed by atoms with van der Waals surface area (Å²) in [5, 5.41) is 3.29. The molecule has 0 fully saturated rings. The molecule has 0 aromatic heterocycles. The molecule has 1 heteroatoms. The van der Waals surface area contributed by atoms with Crippen molar-refractivity contribution in [2.24, 2.45) is 0 Å². The molecule has 0 bridgehead atoms. The first kappa shape index (κ1) is 14.0. The molecule has 1 nitrogen and oxygen atoms in total. The Labute approximate surface area is 106 Å². The molecule has 1 N–H and O–H groups in total. The Bertz CT molecular complexity index is 350. The third-order valence-electron chi connectivity index (χ3n) is 3.39. The van der Waals surface area contributed by atoms with Crippen LogP contribution in [0, 0.1) is 6.92 Å². The Hall–Kier alpha value is -1.08. The highest BCUT2D eigenvalue weighted by Gasteiger charge is 2.06. The van der Waals surface area contributed by atoms with Crippen molar-refractivity contribution in [3.63, 3.8) is 0 Å². The van der Waals surface area contributed by atoms with Crippen LogP contribution in [0.1, 0.15) is 43.7 Å². The topological polar surface area (TPSA) is 12.0 Å². The van der Waals surface area contributed by atoms with Crippen molar-refractivity contribution in [3.8, 4) is 0 Å². The number of aryl methyl sites for hydroxylation is 1. The summed E-state index contributed by atoms with van der Waals surface area (Å²) in [4.78, 5) is 0. The van der Waals surface area contributed by atoms with Crippen molar-refractivity contribution < 1.29 is 0 Å². The van der Waals surface area contributed by atoms with E-state index >= 15 is 0 Å². The summed E-state index contributed by atoms with van der Waals surface area (Å²) < 4.78 is 0. The molecule has 1 aromatic carbocycles. The number of hydrogen-bond donors (Lipinski definition) is 1. The average molecular weight is 231 g/mol. The lowest BCUT2D eigenvalue weighted by atomic mass is 9.93. The first-order valence-corrected chi connectivity index (χ1v) is 6.58. The van der Waals surface area contributed by atoms with Crippen molar-refractivity contribution in [2.75, 3.05) is 7.05 Å². The number of nitrogens with one attached hydrogen (secondary N) is 1. The van der Waals surface area contributed by atoms with Crippen molar-refractivity contribution in [1.82, 2.24) is 5.32 Å². The van der Waals surface area contributed by atoms with Crippen molar-refractivity contribution in [3.05, 3.63) is 47.5 Å². The molecule has 0 aliphatic heterocycles. The zero-order chi connectivity index (χ0) is 12.7. The van der Waals surface area contributed by atoms with Crippen LogP contribution < -0.4 is 5.32 Å². The summed E-state index contributed by atoms with van der Waals surface area (Å²) in [5.41, 5.74) is 2.86. The molecule has 94 valence electrons. The summed E-state index contributed by atoms with van der Waals surface area (Å²) in [5.74, 6) is 0.599. The summed E-state index contributed by atoms with van der Waals surface area (Å²) >= 11 is 0. The minimum Gasteiger partial charge on any atom is -0.314 e. The fourth-order valence-corrected chi connectivity index (χ4v) is 2.15. The van der Waals surface area contributed by atoms with E-state index in [2.05, 4.69) is 62.5 Å². The van der Waals surface area contributed by atoms with Gasteiger partial charge in [-0.05, 0) is 43.9 Å². The minimum absolute atomic E-state index is 0.513. The molecular weight excluding hydrogens is 206 g/mol. The largest absolute Gasteiger partial charge is 0.314 e. The number of benzene rings is 1. The Morgan fingerprint density at radius 1 is 1.29 bits per heavy atom. The second-order valence-corrected chi connectivity index (χ2v) is 4.72. The van der Waals surface area contributed by atoms with Crippen molar-refractivity contribution in [2.45, 2.75) is 45.6 Å². The van der Waals surface area contributed by atoms with Gasteiger partial charge in [0.25, 0.3) is 0 Å². The molecule has 0 amide bonds. The number of rotatable bonds is 6. The third-order valence-corrected chi connectivity index (χ3v) is 3.39. The number of hydrogen-bond acceptors (Lipinski definition) is 1. The van der Waals surface area contributed by atoms with Crippen LogP contribution in [0.25, 0.3) is 0 Å².